The Kier molecular flexibility index (Phi) is 7.07. The summed E-state index contributed by atoms with van der Waals surface area (Å²) < 4.78 is 9.97. The molecule has 7 nitrogen and oxygen atoms in total. The van der Waals surface area contributed by atoms with Crippen LogP contribution in [0.5, 0.6) is 0 Å². The highest BCUT2D eigenvalue weighted by atomic mass is 32.2. The summed E-state index contributed by atoms with van der Waals surface area (Å²) in [7, 11) is 0. The zero-order valence-corrected chi connectivity index (χ0v) is 13.2. The van der Waals surface area contributed by atoms with Crippen molar-refractivity contribution in [3.63, 3.8) is 0 Å². The number of rotatable bonds is 7. The van der Waals surface area contributed by atoms with Gasteiger partial charge in [-0.25, -0.2) is 9.59 Å². The maximum Gasteiger partial charge on any atom is 0.337 e. The number of carbonyl (C=O) groups excluding carboxylic acids is 3. The van der Waals surface area contributed by atoms with Gasteiger partial charge in [0.1, 0.15) is 6.61 Å². The molecule has 0 aromatic rings. The third-order valence-corrected chi connectivity index (χ3v) is 3.56. The smallest absolute Gasteiger partial charge is 0.337 e. The van der Waals surface area contributed by atoms with Crippen LogP contribution < -0.4 is 10.6 Å². The van der Waals surface area contributed by atoms with Gasteiger partial charge < -0.3 is 20.1 Å². The van der Waals surface area contributed by atoms with Crippen molar-refractivity contribution in [1.29, 1.82) is 0 Å². The second-order valence-corrected chi connectivity index (χ2v) is 6.07. The van der Waals surface area contributed by atoms with Crippen LogP contribution in [0.25, 0.3) is 0 Å². The van der Waals surface area contributed by atoms with Gasteiger partial charge in [-0.05, 0) is 12.2 Å². The fourth-order valence-corrected chi connectivity index (χ4v) is 2.05. The van der Waals surface area contributed by atoms with E-state index in [1.54, 1.807) is 6.92 Å². The lowest BCUT2D eigenvalue weighted by Gasteiger charge is -2.21. The van der Waals surface area contributed by atoms with Crippen LogP contribution >= 0.6 is 11.8 Å². The highest BCUT2D eigenvalue weighted by Crippen LogP contribution is 2.11. The predicted octanol–water partition coefficient (Wildman–Crippen LogP) is 0.801. The van der Waals surface area contributed by atoms with Gasteiger partial charge in [0, 0.05) is 0 Å². The lowest BCUT2D eigenvalue weighted by atomic mass is 10.2. The molecule has 0 unspecified atom stereocenters. The van der Waals surface area contributed by atoms with Crippen molar-refractivity contribution < 1.29 is 23.9 Å². The molecule has 0 atom stereocenters. The molecule has 0 aromatic carbocycles. The van der Waals surface area contributed by atoms with E-state index in [2.05, 4.69) is 10.6 Å². The van der Waals surface area contributed by atoms with Crippen molar-refractivity contribution >= 4 is 29.7 Å². The maximum atomic E-state index is 11.8. The molecule has 0 bridgehead atoms. The van der Waals surface area contributed by atoms with E-state index in [-0.39, 0.29) is 36.8 Å². The molecule has 0 aromatic heterocycles. The van der Waals surface area contributed by atoms with Crippen molar-refractivity contribution in [2.45, 2.75) is 26.0 Å². The molecule has 8 heteroatoms. The van der Waals surface area contributed by atoms with E-state index >= 15 is 0 Å². The van der Waals surface area contributed by atoms with E-state index in [0.717, 1.165) is 0 Å². The van der Waals surface area contributed by atoms with Crippen molar-refractivity contribution in [3.8, 4) is 0 Å². The quantitative estimate of drug-likeness (QED) is 0.675. The van der Waals surface area contributed by atoms with Gasteiger partial charge in [0.15, 0.2) is 0 Å². The standard InChI is InChI=1S/C13H20N2O5S/c1-4-19-12(17)9-5-14-13(18)15-10(9)6-20-11(16)7-21-8(2)3/h8H,4-7H2,1-3H3,(H2,14,15,18). The molecule has 0 aliphatic carbocycles. The van der Waals surface area contributed by atoms with Crippen molar-refractivity contribution in [3.05, 3.63) is 11.3 Å². The van der Waals surface area contributed by atoms with Gasteiger partial charge in [-0.2, -0.15) is 0 Å². The number of hydrogen-bond donors (Lipinski definition) is 2. The molecule has 0 saturated carbocycles. The number of thioether (sulfide) groups is 1. The summed E-state index contributed by atoms with van der Waals surface area (Å²) in [5, 5.41) is 5.27. The second kappa shape index (κ2) is 8.56. The highest BCUT2D eigenvalue weighted by molar-refractivity contribution is 8.00. The van der Waals surface area contributed by atoms with Crippen molar-refractivity contribution in [2.75, 3.05) is 25.5 Å². The molecule has 1 aliphatic heterocycles. The summed E-state index contributed by atoms with van der Waals surface area (Å²) in [6.45, 7) is 5.78. The van der Waals surface area contributed by atoms with Crippen LogP contribution in [0, 0.1) is 0 Å². The van der Waals surface area contributed by atoms with Crippen LogP contribution in [0.15, 0.2) is 11.3 Å². The van der Waals surface area contributed by atoms with Crippen LogP contribution in [-0.4, -0.2) is 48.7 Å². The van der Waals surface area contributed by atoms with E-state index in [1.165, 1.54) is 11.8 Å². The van der Waals surface area contributed by atoms with Gasteiger partial charge in [-0.3, -0.25) is 4.79 Å². The lowest BCUT2D eigenvalue weighted by molar-refractivity contribution is -0.141. The molecular formula is C13H20N2O5S. The van der Waals surface area contributed by atoms with E-state index < -0.39 is 18.0 Å². The molecule has 1 heterocycles. The number of hydrogen-bond acceptors (Lipinski definition) is 6. The number of esters is 2. The Hall–Kier alpha value is -1.70. The monoisotopic (exact) mass is 316 g/mol. The van der Waals surface area contributed by atoms with E-state index in [0.29, 0.717) is 5.25 Å². The molecule has 2 amide bonds. The van der Waals surface area contributed by atoms with Crippen molar-refractivity contribution in [2.24, 2.45) is 0 Å². The van der Waals surface area contributed by atoms with E-state index in [1.807, 2.05) is 13.8 Å². The Labute approximate surface area is 127 Å². The molecule has 2 N–H and O–H groups in total. The highest BCUT2D eigenvalue weighted by Gasteiger charge is 2.24. The topological polar surface area (TPSA) is 93.7 Å². The number of carbonyl (C=O) groups is 3. The third-order valence-electron chi connectivity index (χ3n) is 2.49. The average Bonchev–Trinajstić information content (AvgIpc) is 2.43. The summed E-state index contributed by atoms with van der Waals surface area (Å²) in [4.78, 5) is 34.6. The molecule has 1 rings (SSSR count). The fourth-order valence-electron chi connectivity index (χ4n) is 1.50. The van der Waals surface area contributed by atoms with Gasteiger partial charge >= 0.3 is 18.0 Å². The van der Waals surface area contributed by atoms with Crippen LogP contribution in [-0.2, 0) is 19.1 Å². The lowest BCUT2D eigenvalue weighted by Crippen LogP contribution is -2.45. The molecule has 0 radical (unpaired) electrons. The Balaban J connectivity index is 2.63. The average molecular weight is 316 g/mol. The summed E-state index contributed by atoms with van der Waals surface area (Å²) in [6, 6.07) is -0.439. The molecule has 118 valence electrons. The normalized spacial score (nSPS) is 14.6. The number of urea groups is 1. The molecule has 21 heavy (non-hydrogen) atoms. The first-order valence-electron chi connectivity index (χ1n) is 6.65. The molecule has 0 spiro atoms. The minimum Gasteiger partial charge on any atom is -0.463 e. The Morgan fingerprint density at radius 2 is 2.05 bits per heavy atom. The van der Waals surface area contributed by atoms with Crippen LogP contribution in [0.3, 0.4) is 0 Å². The third kappa shape index (κ3) is 6.07. The van der Waals surface area contributed by atoms with Gasteiger partial charge in [-0.1, -0.05) is 13.8 Å². The molecule has 1 aliphatic rings. The predicted molar refractivity (Wildman–Crippen MR) is 78.7 cm³/mol. The Bertz CT molecular complexity index is 448. The zero-order chi connectivity index (χ0) is 15.8. The first-order valence-corrected chi connectivity index (χ1v) is 7.70. The van der Waals surface area contributed by atoms with Gasteiger partial charge in [0.25, 0.3) is 0 Å². The number of amides is 2. The van der Waals surface area contributed by atoms with Gasteiger partial charge in [-0.15, -0.1) is 11.8 Å². The SMILES string of the molecule is CCOC(=O)C1=C(COC(=O)CSC(C)C)NC(=O)NC1. The second-order valence-electron chi connectivity index (χ2n) is 4.51. The molecule has 0 fully saturated rings. The first-order chi connectivity index (χ1) is 9.93. The summed E-state index contributed by atoms with van der Waals surface area (Å²) in [5.41, 5.74) is 0.529. The first kappa shape index (κ1) is 17.4. The minimum atomic E-state index is -0.535. The van der Waals surface area contributed by atoms with Crippen molar-refractivity contribution in [1.82, 2.24) is 10.6 Å². The van der Waals surface area contributed by atoms with E-state index in [9.17, 15) is 14.4 Å². The number of ether oxygens (including phenoxy) is 2. The minimum absolute atomic E-state index is 0.0539. The van der Waals surface area contributed by atoms with Crippen LogP contribution in [0.1, 0.15) is 20.8 Å². The van der Waals surface area contributed by atoms with Crippen LogP contribution in [0.2, 0.25) is 0 Å². The zero-order valence-electron chi connectivity index (χ0n) is 12.4. The van der Waals surface area contributed by atoms with Gasteiger partial charge in [0.05, 0.1) is 30.2 Å². The number of nitrogens with one attached hydrogen (secondary N) is 2. The van der Waals surface area contributed by atoms with Gasteiger partial charge in [0.2, 0.25) is 0 Å². The largest absolute Gasteiger partial charge is 0.463 e. The Morgan fingerprint density at radius 1 is 1.33 bits per heavy atom. The molecule has 0 saturated heterocycles. The maximum absolute atomic E-state index is 11.8. The summed E-state index contributed by atoms with van der Waals surface area (Å²) >= 11 is 1.46. The summed E-state index contributed by atoms with van der Waals surface area (Å²) in [6.07, 6.45) is 0. The van der Waals surface area contributed by atoms with Crippen LogP contribution in [0.4, 0.5) is 4.79 Å². The fraction of sp³-hybridized carbons (Fsp3) is 0.615. The molecular weight excluding hydrogens is 296 g/mol. The summed E-state index contributed by atoms with van der Waals surface area (Å²) in [5.74, 6) is -0.698. The Morgan fingerprint density at radius 3 is 2.67 bits per heavy atom. The van der Waals surface area contributed by atoms with E-state index in [4.69, 9.17) is 9.47 Å².